The van der Waals surface area contributed by atoms with Gasteiger partial charge in [0.2, 0.25) is 5.91 Å². The smallest absolute Gasteiger partial charge is 0.220 e. The van der Waals surface area contributed by atoms with Gasteiger partial charge < -0.3 is 15.4 Å². The number of amides is 1. The minimum absolute atomic E-state index is 0.0724. The van der Waals surface area contributed by atoms with Gasteiger partial charge in [-0.05, 0) is 50.6 Å². The molecule has 1 aromatic carbocycles. The molecule has 4 nitrogen and oxygen atoms in total. The van der Waals surface area contributed by atoms with Gasteiger partial charge >= 0.3 is 0 Å². The highest BCUT2D eigenvalue weighted by Gasteiger charge is 2.34. The van der Waals surface area contributed by atoms with Crippen molar-refractivity contribution in [3.8, 4) is 0 Å². The number of hydrogen-bond acceptors (Lipinski definition) is 3. The number of benzene rings is 1. The number of carbonyl (C=O) groups is 1. The molecule has 0 spiro atoms. The molecule has 0 atom stereocenters. The molecule has 1 fully saturated rings. The van der Waals surface area contributed by atoms with Gasteiger partial charge in [0.1, 0.15) is 5.82 Å². The third kappa shape index (κ3) is 4.52. The minimum Gasteiger partial charge on any atom is -0.381 e. The summed E-state index contributed by atoms with van der Waals surface area (Å²) in [4.78, 5) is 12.0. The van der Waals surface area contributed by atoms with Crippen molar-refractivity contribution >= 4 is 5.91 Å². The van der Waals surface area contributed by atoms with Crippen molar-refractivity contribution in [2.24, 2.45) is 0 Å². The predicted molar refractivity (Wildman–Crippen MR) is 84.3 cm³/mol. The van der Waals surface area contributed by atoms with E-state index in [-0.39, 0.29) is 17.1 Å². The molecule has 0 bridgehead atoms. The second kappa shape index (κ2) is 8.25. The number of carbonyl (C=O) groups excluding carboxylic acids is 1. The molecule has 1 heterocycles. The standard InChI is InChI=1S/C17H25FN2O2/c1-19-10-2-3-16(21)20-13-17(8-11-22-12-9-17)14-4-6-15(18)7-5-14/h4-7,19H,2-3,8-13H2,1H3,(H,20,21). The second-order valence-corrected chi connectivity index (χ2v) is 5.88. The zero-order chi connectivity index (χ0) is 15.8. The van der Waals surface area contributed by atoms with E-state index in [9.17, 15) is 9.18 Å². The van der Waals surface area contributed by atoms with Crippen LogP contribution in [0, 0.1) is 5.82 Å². The van der Waals surface area contributed by atoms with Crippen molar-refractivity contribution in [2.75, 3.05) is 33.4 Å². The lowest BCUT2D eigenvalue weighted by Crippen LogP contribution is -2.44. The summed E-state index contributed by atoms with van der Waals surface area (Å²) in [6.07, 6.45) is 3.04. The second-order valence-electron chi connectivity index (χ2n) is 5.88. The van der Waals surface area contributed by atoms with Crippen LogP contribution in [0.4, 0.5) is 4.39 Å². The van der Waals surface area contributed by atoms with Crippen molar-refractivity contribution in [3.63, 3.8) is 0 Å². The number of nitrogens with one attached hydrogen (secondary N) is 2. The van der Waals surface area contributed by atoms with Gasteiger partial charge in [-0.15, -0.1) is 0 Å². The third-order valence-electron chi connectivity index (χ3n) is 4.36. The van der Waals surface area contributed by atoms with Crippen LogP contribution in [-0.4, -0.2) is 39.3 Å². The SMILES string of the molecule is CNCCCC(=O)NCC1(c2ccc(F)cc2)CCOCC1. The first kappa shape index (κ1) is 16.9. The summed E-state index contributed by atoms with van der Waals surface area (Å²) < 4.78 is 18.6. The molecule has 1 aromatic rings. The van der Waals surface area contributed by atoms with E-state index in [1.807, 2.05) is 19.2 Å². The molecular weight excluding hydrogens is 283 g/mol. The van der Waals surface area contributed by atoms with Gasteiger partial charge in [0.25, 0.3) is 0 Å². The average molecular weight is 308 g/mol. The normalized spacial score (nSPS) is 17.2. The molecule has 0 unspecified atom stereocenters. The number of ether oxygens (including phenoxy) is 1. The first-order valence-corrected chi connectivity index (χ1v) is 7.91. The number of halogens is 1. The molecule has 1 saturated heterocycles. The van der Waals surface area contributed by atoms with Crippen molar-refractivity contribution < 1.29 is 13.9 Å². The van der Waals surface area contributed by atoms with E-state index in [0.717, 1.165) is 31.4 Å². The van der Waals surface area contributed by atoms with Gasteiger partial charge in [0.15, 0.2) is 0 Å². The van der Waals surface area contributed by atoms with E-state index >= 15 is 0 Å². The Hall–Kier alpha value is -1.46. The van der Waals surface area contributed by atoms with Crippen LogP contribution in [0.3, 0.4) is 0 Å². The molecule has 1 aliphatic heterocycles. The van der Waals surface area contributed by atoms with Gasteiger partial charge in [0, 0.05) is 31.6 Å². The van der Waals surface area contributed by atoms with Crippen LogP contribution >= 0.6 is 0 Å². The van der Waals surface area contributed by atoms with Crippen LogP contribution in [0.5, 0.6) is 0 Å². The molecular formula is C17H25FN2O2. The molecule has 0 aliphatic carbocycles. The average Bonchev–Trinajstić information content (AvgIpc) is 2.55. The summed E-state index contributed by atoms with van der Waals surface area (Å²) in [5.41, 5.74) is 0.928. The van der Waals surface area contributed by atoms with E-state index in [1.165, 1.54) is 12.1 Å². The maximum Gasteiger partial charge on any atom is 0.220 e. The van der Waals surface area contributed by atoms with Gasteiger partial charge in [0.05, 0.1) is 0 Å². The fraction of sp³-hybridized carbons (Fsp3) is 0.588. The van der Waals surface area contributed by atoms with Crippen molar-refractivity contribution in [1.82, 2.24) is 10.6 Å². The van der Waals surface area contributed by atoms with E-state index in [2.05, 4.69) is 10.6 Å². The van der Waals surface area contributed by atoms with Gasteiger partial charge in [-0.3, -0.25) is 4.79 Å². The Morgan fingerprint density at radius 3 is 2.59 bits per heavy atom. The highest BCUT2D eigenvalue weighted by molar-refractivity contribution is 5.76. The predicted octanol–water partition coefficient (Wildman–Crippen LogP) is 1.99. The third-order valence-corrected chi connectivity index (χ3v) is 4.36. The summed E-state index contributed by atoms with van der Waals surface area (Å²) in [5.74, 6) is -0.162. The van der Waals surface area contributed by atoms with Crippen LogP contribution in [-0.2, 0) is 14.9 Å². The lowest BCUT2D eigenvalue weighted by molar-refractivity contribution is -0.121. The van der Waals surface area contributed by atoms with E-state index < -0.39 is 0 Å². The maximum absolute atomic E-state index is 13.2. The van der Waals surface area contributed by atoms with Gasteiger partial charge in [-0.25, -0.2) is 4.39 Å². The summed E-state index contributed by atoms with van der Waals surface area (Å²) in [5, 5.41) is 6.08. The molecule has 2 N–H and O–H groups in total. The van der Waals surface area contributed by atoms with Crippen LogP contribution < -0.4 is 10.6 Å². The highest BCUT2D eigenvalue weighted by Crippen LogP contribution is 2.34. The van der Waals surface area contributed by atoms with Gasteiger partial charge in [-0.1, -0.05) is 12.1 Å². The molecule has 22 heavy (non-hydrogen) atoms. The summed E-state index contributed by atoms with van der Waals surface area (Å²) in [7, 11) is 1.88. The molecule has 0 radical (unpaired) electrons. The fourth-order valence-corrected chi connectivity index (χ4v) is 2.91. The lowest BCUT2D eigenvalue weighted by atomic mass is 9.74. The first-order chi connectivity index (χ1) is 10.7. The molecule has 1 amide bonds. The fourth-order valence-electron chi connectivity index (χ4n) is 2.91. The summed E-state index contributed by atoms with van der Waals surface area (Å²) in [6, 6.07) is 6.63. The van der Waals surface area contributed by atoms with Crippen LogP contribution in [0.15, 0.2) is 24.3 Å². The summed E-state index contributed by atoms with van der Waals surface area (Å²) in [6.45, 7) is 2.77. The Labute approximate surface area is 131 Å². The first-order valence-electron chi connectivity index (χ1n) is 7.91. The quantitative estimate of drug-likeness (QED) is 0.758. The van der Waals surface area contributed by atoms with Crippen LogP contribution in [0.25, 0.3) is 0 Å². The highest BCUT2D eigenvalue weighted by atomic mass is 19.1. The maximum atomic E-state index is 13.2. The Morgan fingerprint density at radius 1 is 1.27 bits per heavy atom. The Morgan fingerprint density at radius 2 is 1.95 bits per heavy atom. The number of rotatable bonds is 7. The van der Waals surface area contributed by atoms with Crippen molar-refractivity contribution in [1.29, 1.82) is 0 Å². The molecule has 5 heteroatoms. The Bertz CT molecular complexity index is 470. The molecule has 2 rings (SSSR count). The van der Waals surface area contributed by atoms with Crippen molar-refractivity contribution in [3.05, 3.63) is 35.6 Å². The van der Waals surface area contributed by atoms with Crippen molar-refractivity contribution in [2.45, 2.75) is 31.1 Å². The molecule has 1 aliphatic rings. The molecule has 122 valence electrons. The van der Waals surface area contributed by atoms with E-state index in [4.69, 9.17) is 4.74 Å². The van der Waals surface area contributed by atoms with Crippen LogP contribution in [0.1, 0.15) is 31.2 Å². The zero-order valence-corrected chi connectivity index (χ0v) is 13.2. The lowest BCUT2D eigenvalue weighted by Gasteiger charge is -2.38. The van der Waals surface area contributed by atoms with E-state index in [1.54, 1.807) is 0 Å². The monoisotopic (exact) mass is 308 g/mol. The largest absolute Gasteiger partial charge is 0.381 e. The van der Waals surface area contributed by atoms with Crippen LogP contribution in [0.2, 0.25) is 0 Å². The van der Waals surface area contributed by atoms with E-state index in [0.29, 0.717) is 26.2 Å². The molecule has 0 saturated carbocycles. The van der Waals surface area contributed by atoms with Gasteiger partial charge in [-0.2, -0.15) is 0 Å². The Kier molecular flexibility index (Phi) is 6.34. The topological polar surface area (TPSA) is 50.4 Å². The zero-order valence-electron chi connectivity index (χ0n) is 13.2. The number of hydrogen-bond donors (Lipinski definition) is 2. The minimum atomic E-state index is -0.234. The molecule has 0 aromatic heterocycles. The summed E-state index contributed by atoms with van der Waals surface area (Å²) >= 11 is 0. The Balaban J connectivity index is 2.00.